The van der Waals surface area contributed by atoms with Crippen molar-refractivity contribution in [3.63, 3.8) is 0 Å². The summed E-state index contributed by atoms with van der Waals surface area (Å²) in [6, 6.07) is 4.13. The molecule has 1 aromatic carbocycles. The van der Waals surface area contributed by atoms with Crippen LogP contribution >= 0.6 is 11.3 Å². The number of urea groups is 1. The predicted octanol–water partition coefficient (Wildman–Crippen LogP) is 5.60. The van der Waals surface area contributed by atoms with Crippen molar-refractivity contribution in [3.8, 4) is 0 Å². The first-order valence-electron chi connectivity index (χ1n) is 9.66. The van der Waals surface area contributed by atoms with Gasteiger partial charge in [-0.15, -0.1) is 15.7 Å². The Balaban J connectivity index is 2.50. The number of halogens is 1. The molecule has 2 amide bonds. The van der Waals surface area contributed by atoms with Gasteiger partial charge in [-0.1, -0.05) is 45.4 Å². The molecular weight excluding hydrogens is 425 g/mol. The van der Waals surface area contributed by atoms with E-state index in [0.717, 1.165) is 34.1 Å². The molecule has 30 heavy (non-hydrogen) atoms. The maximum Gasteiger partial charge on any atom is 0.354 e. The van der Waals surface area contributed by atoms with E-state index in [0.29, 0.717) is 5.69 Å². The van der Waals surface area contributed by atoms with E-state index >= 15 is 0 Å². The molecule has 1 atom stereocenters. The first-order chi connectivity index (χ1) is 13.6. The third kappa shape index (κ3) is 5.46. The summed E-state index contributed by atoms with van der Waals surface area (Å²) in [6.07, 6.45) is 0. The minimum Gasteiger partial charge on any atom is -0.385 e. The van der Waals surface area contributed by atoms with E-state index in [4.69, 9.17) is 5.14 Å². The number of amides is 2. The molecule has 4 N–H and O–H groups in total. The number of benzene rings is 1. The molecule has 2 aromatic rings. The summed E-state index contributed by atoms with van der Waals surface area (Å²) in [5.41, 5.74) is 2.20. The summed E-state index contributed by atoms with van der Waals surface area (Å²) < 4.78 is 30.5. The predicted molar refractivity (Wildman–Crippen MR) is 121 cm³/mol. The number of carbonyl (C=O) groups is 1. The average Bonchev–Trinajstić information content (AvgIpc) is 2.98. The number of thiophene rings is 1. The Morgan fingerprint density at radius 3 is 2.10 bits per heavy atom. The van der Waals surface area contributed by atoms with Crippen LogP contribution in [-0.2, 0) is 15.5 Å². The molecule has 6 nitrogen and oxygen atoms in total. The highest BCUT2D eigenvalue weighted by atomic mass is 32.2. The fourth-order valence-electron chi connectivity index (χ4n) is 3.05. The number of anilines is 1. The van der Waals surface area contributed by atoms with Gasteiger partial charge in [-0.05, 0) is 49.8 Å². The second-order valence-corrected chi connectivity index (χ2v) is 11.6. The van der Waals surface area contributed by atoms with E-state index in [1.807, 2.05) is 46.8 Å². The van der Waals surface area contributed by atoms with Crippen molar-refractivity contribution in [2.24, 2.45) is 9.50 Å². The Labute approximate surface area is 182 Å². The van der Waals surface area contributed by atoms with Gasteiger partial charge in [-0.3, -0.25) is 0 Å². The fourth-order valence-corrected chi connectivity index (χ4v) is 5.39. The van der Waals surface area contributed by atoms with Crippen LogP contribution in [0.3, 0.4) is 0 Å². The van der Waals surface area contributed by atoms with Crippen LogP contribution in [0.2, 0.25) is 0 Å². The van der Waals surface area contributed by atoms with Crippen LogP contribution < -0.4 is 10.5 Å². The van der Waals surface area contributed by atoms with E-state index in [-0.39, 0.29) is 20.9 Å². The number of carbonyl (C=O) groups excluding carboxylic acids is 1. The van der Waals surface area contributed by atoms with E-state index in [1.54, 1.807) is 0 Å². The second-order valence-electron chi connectivity index (χ2n) is 8.52. The van der Waals surface area contributed by atoms with Crippen molar-refractivity contribution in [2.75, 3.05) is 5.32 Å². The van der Waals surface area contributed by atoms with Gasteiger partial charge in [0.05, 0.1) is 5.60 Å². The number of aliphatic hydroxyl groups is 1. The molecular formula is C21H30FN3O3S2. The van der Waals surface area contributed by atoms with Gasteiger partial charge in [-0.2, -0.15) is 0 Å². The van der Waals surface area contributed by atoms with Gasteiger partial charge in [0.25, 0.3) is 0 Å². The average molecular weight is 456 g/mol. The molecule has 1 unspecified atom stereocenters. The smallest absolute Gasteiger partial charge is 0.354 e. The lowest BCUT2D eigenvalue weighted by Gasteiger charge is -2.20. The lowest BCUT2D eigenvalue weighted by molar-refractivity contribution is 0.0823. The van der Waals surface area contributed by atoms with Crippen LogP contribution in [0, 0.1) is 12.7 Å². The van der Waals surface area contributed by atoms with Crippen LogP contribution in [-0.4, -0.2) is 15.3 Å². The van der Waals surface area contributed by atoms with Crippen molar-refractivity contribution >= 4 is 33.0 Å². The molecule has 9 heteroatoms. The van der Waals surface area contributed by atoms with Crippen molar-refractivity contribution in [3.05, 3.63) is 45.6 Å². The number of nitrogens with two attached hydrogens (primary N) is 1. The molecule has 0 fully saturated rings. The highest BCUT2D eigenvalue weighted by Crippen LogP contribution is 2.35. The van der Waals surface area contributed by atoms with E-state index in [1.165, 1.54) is 13.8 Å². The van der Waals surface area contributed by atoms with Crippen LogP contribution in [0.25, 0.3) is 0 Å². The van der Waals surface area contributed by atoms with Gasteiger partial charge >= 0.3 is 6.03 Å². The number of hydrogen-bond acceptors (Lipinski definition) is 4. The van der Waals surface area contributed by atoms with Crippen molar-refractivity contribution in [2.45, 2.75) is 70.1 Å². The topological polar surface area (TPSA) is 105 Å². The highest BCUT2D eigenvalue weighted by Gasteiger charge is 2.26. The Morgan fingerprint density at radius 2 is 1.70 bits per heavy atom. The number of aryl methyl sites for hydroxylation is 1. The Morgan fingerprint density at radius 1 is 1.20 bits per heavy atom. The van der Waals surface area contributed by atoms with Crippen LogP contribution in [0.4, 0.5) is 14.9 Å². The van der Waals surface area contributed by atoms with Gasteiger partial charge < -0.3 is 10.4 Å². The van der Waals surface area contributed by atoms with E-state index in [9.17, 15) is 18.5 Å². The zero-order valence-electron chi connectivity index (χ0n) is 18.4. The molecule has 0 bridgehead atoms. The quantitative estimate of drug-likeness (QED) is 0.546. The molecule has 1 heterocycles. The third-order valence-corrected chi connectivity index (χ3v) is 7.91. The van der Waals surface area contributed by atoms with Gasteiger partial charge in [-0.25, -0.2) is 18.5 Å². The standard InChI is InChI=1S/C21H30FN3O3S2/c1-11(2)14-8-13(5)9-15(12(3)4)18(14)24-20(26)25-30(23,28)19-16(22)10-17(29-19)21(6,7)27/h8-12,27H,1-7H3,(H3,23,24,25,26,28). The molecule has 166 valence electrons. The normalized spacial score (nSPS) is 14.1. The summed E-state index contributed by atoms with van der Waals surface area (Å²) >= 11 is 0.741. The van der Waals surface area contributed by atoms with Crippen molar-refractivity contribution < 1.29 is 18.5 Å². The van der Waals surface area contributed by atoms with E-state index in [2.05, 4.69) is 9.68 Å². The monoisotopic (exact) mass is 455 g/mol. The molecule has 1 aromatic heterocycles. The molecule has 0 saturated carbocycles. The number of hydrogen-bond donors (Lipinski definition) is 3. The summed E-state index contributed by atoms with van der Waals surface area (Å²) in [4.78, 5) is 12.9. The zero-order chi connectivity index (χ0) is 23.0. The fraction of sp³-hybridized carbons (Fsp3) is 0.476. The largest absolute Gasteiger partial charge is 0.385 e. The highest BCUT2D eigenvalue weighted by molar-refractivity contribution is 7.93. The summed E-state index contributed by atoms with van der Waals surface area (Å²) in [7, 11) is -3.83. The van der Waals surface area contributed by atoms with Gasteiger partial charge in [0.15, 0.2) is 19.9 Å². The lowest BCUT2D eigenvalue weighted by Crippen LogP contribution is -2.19. The second kappa shape index (κ2) is 8.74. The van der Waals surface area contributed by atoms with Crippen LogP contribution in [0.15, 0.2) is 26.8 Å². The minimum absolute atomic E-state index is 0.129. The Bertz CT molecular complexity index is 1050. The van der Waals surface area contributed by atoms with Gasteiger partial charge in [0.1, 0.15) is 0 Å². The first kappa shape index (κ1) is 24.5. The zero-order valence-corrected chi connectivity index (χ0v) is 20.0. The molecule has 0 radical (unpaired) electrons. The summed E-state index contributed by atoms with van der Waals surface area (Å²) in [5.74, 6) is -0.602. The van der Waals surface area contributed by atoms with Crippen LogP contribution in [0.1, 0.15) is 74.9 Å². The third-order valence-electron chi connectivity index (χ3n) is 4.56. The Kier molecular flexibility index (Phi) is 7.13. The number of nitrogens with one attached hydrogen (secondary N) is 1. The first-order valence-corrected chi connectivity index (χ1v) is 12.1. The molecule has 2 rings (SSSR count). The van der Waals surface area contributed by atoms with Gasteiger partial charge in [0, 0.05) is 10.6 Å². The maximum atomic E-state index is 14.3. The van der Waals surface area contributed by atoms with Crippen LogP contribution in [0.5, 0.6) is 0 Å². The molecule has 0 aliphatic carbocycles. The van der Waals surface area contributed by atoms with Gasteiger partial charge in [0.2, 0.25) is 0 Å². The van der Waals surface area contributed by atoms with E-state index < -0.39 is 27.4 Å². The SMILES string of the molecule is Cc1cc(C(C)C)c(NC(=O)N=S(N)(=O)c2sc(C(C)(C)O)cc2F)c(C(C)C)c1. The number of rotatable bonds is 5. The molecule has 0 saturated heterocycles. The molecule has 0 aliphatic rings. The lowest BCUT2D eigenvalue weighted by atomic mass is 9.90. The van der Waals surface area contributed by atoms with Crippen molar-refractivity contribution in [1.29, 1.82) is 0 Å². The summed E-state index contributed by atoms with van der Waals surface area (Å²) in [5, 5.41) is 18.5. The number of nitrogens with zero attached hydrogens (tertiary/aromatic N) is 1. The summed E-state index contributed by atoms with van der Waals surface area (Å²) in [6.45, 7) is 13.0. The Hall–Kier alpha value is -1.81. The molecule has 0 aliphatic heterocycles. The molecule has 0 spiro atoms. The minimum atomic E-state index is -3.83. The van der Waals surface area contributed by atoms with Crippen molar-refractivity contribution in [1.82, 2.24) is 0 Å². The maximum absolute atomic E-state index is 14.3.